The van der Waals surface area contributed by atoms with E-state index in [4.69, 9.17) is 0 Å². The first kappa shape index (κ1) is 18.4. The third kappa shape index (κ3) is 4.12. The van der Waals surface area contributed by atoms with Gasteiger partial charge < -0.3 is 9.80 Å². The molecular formula is C20H25N7O. The third-order valence-electron chi connectivity index (χ3n) is 5.22. The lowest BCUT2D eigenvalue weighted by atomic mass is 10.2. The lowest BCUT2D eigenvalue weighted by molar-refractivity contribution is -0.130. The van der Waals surface area contributed by atoms with Gasteiger partial charge in [-0.05, 0) is 11.6 Å². The SMILES string of the molecule is CN(Cc1ccccc1)C(=O)CCN1CCN(c2ccnc3nncn23)CC1. The van der Waals surface area contributed by atoms with Gasteiger partial charge in [-0.1, -0.05) is 30.3 Å². The van der Waals surface area contributed by atoms with E-state index >= 15 is 0 Å². The maximum absolute atomic E-state index is 12.5. The van der Waals surface area contributed by atoms with E-state index in [0.29, 0.717) is 18.7 Å². The van der Waals surface area contributed by atoms with Crippen LogP contribution in [0.1, 0.15) is 12.0 Å². The smallest absolute Gasteiger partial charge is 0.256 e. The van der Waals surface area contributed by atoms with Crippen LogP contribution in [-0.2, 0) is 11.3 Å². The van der Waals surface area contributed by atoms with Crippen molar-refractivity contribution in [2.24, 2.45) is 0 Å². The van der Waals surface area contributed by atoms with Crippen LogP contribution in [0.15, 0.2) is 48.9 Å². The second-order valence-electron chi connectivity index (χ2n) is 7.12. The number of aromatic nitrogens is 4. The van der Waals surface area contributed by atoms with Gasteiger partial charge in [0.05, 0.1) is 0 Å². The van der Waals surface area contributed by atoms with E-state index in [0.717, 1.165) is 44.1 Å². The summed E-state index contributed by atoms with van der Waals surface area (Å²) >= 11 is 0. The summed E-state index contributed by atoms with van der Waals surface area (Å²) in [4.78, 5) is 23.2. The molecule has 0 radical (unpaired) electrons. The molecule has 1 aromatic carbocycles. The Morgan fingerprint density at radius 3 is 2.68 bits per heavy atom. The van der Waals surface area contributed by atoms with Crippen molar-refractivity contribution in [2.75, 3.05) is 44.7 Å². The minimum atomic E-state index is 0.187. The van der Waals surface area contributed by atoms with Crippen LogP contribution in [0.5, 0.6) is 0 Å². The first-order valence-electron chi connectivity index (χ1n) is 9.60. The maximum Gasteiger partial charge on any atom is 0.256 e. The van der Waals surface area contributed by atoms with Gasteiger partial charge in [0.25, 0.3) is 5.78 Å². The van der Waals surface area contributed by atoms with Gasteiger partial charge in [0.2, 0.25) is 5.91 Å². The third-order valence-corrected chi connectivity index (χ3v) is 5.22. The van der Waals surface area contributed by atoms with Gasteiger partial charge in [-0.25, -0.2) is 4.98 Å². The highest BCUT2D eigenvalue weighted by molar-refractivity contribution is 5.76. The fourth-order valence-corrected chi connectivity index (χ4v) is 3.58. The minimum absolute atomic E-state index is 0.187. The van der Waals surface area contributed by atoms with E-state index in [2.05, 4.69) is 37.1 Å². The summed E-state index contributed by atoms with van der Waals surface area (Å²) in [5.74, 6) is 1.87. The molecule has 0 N–H and O–H groups in total. The fourth-order valence-electron chi connectivity index (χ4n) is 3.58. The zero-order chi connectivity index (χ0) is 19.3. The molecule has 1 aliphatic heterocycles. The molecule has 4 rings (SSSR count). The number of hydrogen-bond acceptors (Lipinski definition) is 6. The molecule has 8 nitrogen and oxygen atoms in total. The number of amides is 1. The predicted octanol–water partition coefficient (Wildman–Crippen LogP) is 1.29. The van der Waals surface area contributed by atoms with E-state index < -0.39 is 0 Å². The monoisotopic (exact) mass is 379 g/mol. The number of benzene rings is 1. The molecule has 1 fully saturated rings. The standard InChI is InChI=1S/C20H25N7O/c1-24(15-17-5-3-2-4-6-17)19(28)8-10-25-11-13-26(14-12-25)18-7-9-21-20-23-22-16-27(18)20/h2-7,9,16H,8,10-15H2,1H3. The number of carbonyl (C=O) groups excluding carboxylic acids is 1. The van der Waals surface area contributed by atoms with Crippen LogP contribution in [0.2, 0.25) is 0 Å². The Hall–Kier alpha value is -3.00. The van der Waals surface area contributed by atoms with Gasteiger partial charge >= 0.3 is 0 Å². The molecule has 8 heteroatoms. The topological polar surface area (TPSA) is 69.9 Å². The highest BCUT2D eigenvalue weighted by Crippen LogP contribution is 2.16. The summed E-state index contributed by atoms with van der Waals surface area (Å²) in [6.07, 6.45) is 4.02. The van der Waals surface area contributed by atoms with Crippen molar-refractivity contribution in [3.05, 3.63) is 54.5 Å². The maximum atomic E-state index is 12.5. The van der Waals surface area contributed by atoms with Gasteiger partial charge in [-0.15, -0.1) is 10.2 Å². The first-order valence-corrected chi connectivity index (χ1v) is 9.60. The molecule has 0 spiro atoms. The van der Waals surface area contributed by atoms with Crippen LogP contribution in [0, 0.1) is 0 Å². The summed E-state index contributed by atoms with van der Waals surface area (Å²) < 4.78 is 1.91. The van der Waals surface area contributed by atoms with Crippen LogP contribution in [-0.4, -0.2) is 75.1 Å². The average Bonchev–Trinajstić information content (AvgIpc) is 3.22. The average molecular weight is 379 g/mol. The highest BCUT2D eigenvalue weighted by atomic mass is 16.2. The van der Waals surface area contributed by atoms with Crippen LogP contribution in [0.25, 0.3) is 5.78 Å². The van der Waals surface area contributed by atoms with E-state index in [-0.39, 0.29) is 5.91 Å². The molecule has 28 heavy (non-hydrogen) atoms. The van der Waals surface area contributed by atoms with Gasteiger partial charge in [0.1, 0.15) is 12.1 Å². The number of nitrogens with zero attached hydrogens (tertiary/aromatic N) is 7. The Morgan fingerprint density at radius 1 is 1.11 bits per heavy atom. The zero-order valence-corrected chi connectivity index (χ0v) is 16.1. The van der Waals surface area contributed by atoms with Gasteiger partial charge in [-0.2, -0.15) is 0 Å². The highest BCUT2D eigenvalue weighted by Gasteiger charge is 2.20. The van der Waals surface area contributed by atoms with Crippen LogP contribution in [0.4, 0.5) is 5.82 Å². The molecule has 0 saturated carbocycles. The van der Waals surface area contributed by atoms with Crippen molar-refractivity contribution >= 4 is 17.5 Å². The summed E-state index contributed by atoms with van der Waals surface area (Å²) in [5, 5.41) is 7.95. The van der Waals surface area contributed by atoms with Crippen molar-refractivity contribution in [1.82, 2.24) is 29.4 Å². The van der Waals surface area contributed by atoms with Gasteiger partial charge in [0.15, 0.2) is 0 Å². The Labute approximate surface area is 164 Å². The fraction of sp³-hybridized carbons (Fsp3) is 0.400. The number of anilines is 1. The molecule has 3 aromatic rings. The Balaban J connectivity index is 1.25. The van der Waals surface area contributed by atoms with Crippen LogP contribution >= 0.6 is 0 Å². The molecule has 0 bridgehead atoms. The van der Waals surface area contributed by atoms with Crippen molar-refractivity contribution in [1.29, 1.82) is 0 Å². The summed E-state index contributed by atoms with van der Waals surface area (Å²) in [6, 6.07) is 12.1. The predicted molar refractivity (Wildman–Crippen MR) is 107 cm³/mol. The first-order chi connectivity index (χ1) is 13.7. The van der Waals surface area contributed by atoms with Gasteiger partial charge in [0, 0.05) is 58.9 Å². The number of fused-ring (bicyclic) bond motifs is 1. The van der Waals surface area contributed by atoms with E-state index in [1.807, 2.05) is 40.6 Å². The zero-order valence-electron chi connectivity index (χ0n) is 16.1. The summed E-state index contributed by atoms with van der Waals surface area (Å²) in [7, 11) is 1.88. The molecule has 1 amide bonds. The molecule has 1 saturated heterocycles. The summed E-state index contributed by atoms with van der Waals surface area (Å²) in [6.45, 7) is 5.13. The lowest BCUT2D eigenvalue weighted by Crippen LogP contribution is -2.47. The Bertz CT molecular complexity index is 918. The Morgan fingerprint density at radius 2 is 1.89 bits per heavy atom. The molecule has 2 aromatic heterocycles. The van der Waals surface area contributed by atoms with Crippen molar-refractivity contribution < 1.29 is 4.79 Å². The number of rotatable bonds is 6. The molecule has 146 valence electrons. The number of piperazine rings is 1. The van der Waals surface area contributed by atoms with Crippen molar-refractivity contribution in [3.8, 4) is 0 Å². The minimum Gasteiger partial charge on any atom is -0.355 e. The van der Waals surface area contributed by atoms with E-state index in [1.54, 1.807) is 12.5 Å². The van der Waals surface area contributed by atoms with E-state index in [9.17, 15) is 4.79 Å². The second-order valence-corrected chi connectivity index (χ2v) is 7.12. The summed E-state index contributed by atoms with van der Waals surface area (Å²) in [5.41, 5.74) is 1.16. The van der Waals surface area contributed by atoms with Crippen molar-refractivity contribution in [3.63, 3.8) is 0 Å². The quantitative estimate of drug-likeness (QED) is 0.643. The molecule has 0 aliphatic carbocycles. The van der Waals surface area contributed by atoms with E-state index in [1.165, 1.54) is 0 Å². The second kappa shape index (κ2) is 8.35. The number of hydrogen-bond donors (Lipinski definition) is 0. The molecule has 0 unspecified atom stereocenters. The largest absolute Gasteiger partial charge is 0.355 e. The van der Waals surface area contributed by atoms with Crippen LogP contribution < -0.4 is 4.90 Å². The van der Waals surface area contributed by atoms with Crippen molar-refractivity contribution in [2.45, 2.75) is 13.0 Å². The molecular weight excluding hydrogens is 354 g/mol. The Kier molecular flexibility index (Phi) is 5.48. The molecule has 1 aliphatic rings. The van der Waals surface area contributed by atoms with Gasteiger partial charge in [-0.3, -0.25) is 14.1 Å². The lowest BCUT2D eigenvalue weighted by Gasteiger charge is -2.36. The normalized spacial score (nSPS) is 15.1. The van der Waals surface area contributed by atoms with Crippen LogP contribution in [0.3, 0.4) is 0 Å². The molecule has 0 atom stereocenters. The number of carbonyl (C=O) groups is 1. The molecule has 3 heterocycles.